The molecule has 0 aliphatic carbocycles. The minimum absolute atomic E-state index is 0.438. The SMILES string of the molecule is CCCCC/C=C/C=C/CCCCCCCCCC1(COCCCCCCC/C=C/C=C/CCCCC)CNC1. The molecule has 1 rings (SSSR count). The van der Waals surface area contributed by atoms with E-state index >= 15 is 0 Å². The van der Waals surface area contributed by atoms with E-state index in [1.54, 1.807) is 0 Å². The van der Waals surface area contributed by atoms with Crippen LogP contribution in [0.2, 0.25) is 0 Å². The van der Waals surface area contributed by atoms with Crippen molar-refractivity contribution in [1.29, 1.82) is 0 Å². The number of ether oxygens (including phenoxy) is 1. The van der Waals surface area contributed by atoms with E-state index in [2.05, 4.69) is 67.8 Å². The van der Waals surface area contributed by atoms with Crippen LogP contribution in [0, 0.1) is 5.41 Å². The monoisotopic (exact) mass is 556 g/mol. The van der Waals surface area contributed by atoms with Crippen LogP contribution in [0.25, 0.3) is 0 Å². The van der Waals surface area contributed by atoms with Gasteiger partial charge in [-0.3, -0.25) is 0 Å². The van der Waals surface area contributed by atoms with Gasteiger partial charge in [-0.25, -0.2) is 0 Å². The Morgan fingerprint density at radius 2 is 0.900 bits per heavy atom. The van der Waals surface area contributed by atoms with Crippen molar-refractivity contribution in [3.63, 3.8) is 0 Å². The molecule has 1 aliphatic rings. The van der Waals surface area contributed by atoms with Crippen molar-refractivity contribution in [2.75, 3.05) is 26.3 Å². The zero-order valence-corrected chi connectivity index (χ0v) is 27.1. The van der Waals surface area contributed by atoms with E-state index in [9.17, 15) is 0 Å². The topological polar surface area (TPSA) is 21.3 Å². The second kappa shape index (κ2) is 29.4. The van der Waals surface area contributed by atoms with Crippen molar-refractivity contribution < 1.29 is 4.74 Å². The molecule has 0 bridgehead atoms. The van der Waals surface area contributed by atoms with Crippen molar-refractivity contribution in [2.45, 2.75) is 162 Å². The van der Waals surface area contributed by atoms with Crippen LogP contribution in [0.3, 0.4) is 0 Å². The molecular weight excluding hydrogens is 486 g/mol. The molecule has 1 saturated heterocycles. The summed E-state index contributed by atoms with van der Waals surface area (Å²) >= 11 is 0. The van der Waals surface area contributed by atoms with Gasteiger partial charge in [0, 0.05) is 25.1 Å². The normalized spacial score (nSPS) is 15.3. The van der Waals surface area contributed by atoms with Crippen LogP contribution in [0.4, 0.5) is 0 Å². The Bertz CT molecular complexity index is 577. The highest BCUT2D eigenvalue weighted by molar-refractivity contribution is 5.02. The highest BCUT2D eigenvalue weighted by Gasteiger charge is 2.36. The van der Waals surface area contributed by atoms with E-state index in [4.69, 9.17) is 4.74 Å². The molecule has 0 saturated carbocycles. The summed E-state index contributed by atoms with van der Waals surface area (Å²) in [5, 5.41) is 3.51. The van der Waals surface area contributed by atoms with Gasteiger partial charge in [-0.2, -0.15) is 0 Å². The Kier molecular flexibility index (Phi) is 27.1. The second-order valence-electron chi connectivity index (χ2n) is 12.4. The summed E-state index contributed by atoms with van der Waals surface area (Å²) in [5.41, 5.74) is 0.438. The first-order chi connectivity index (χ1) is 19.8. The fourth-order valence-electron chi connectivity index (χ4n) is 5.48. The third-order valence-corrected chi connectivity index (χ3v) is 8.36. The maximum atomic E-state index is 6.16. The van der Waals surface area contributed by atoms with Gasteiger partial charge in [-0.05, 0) is 64.2 Å². The van der Waals surface area contributed by atoms with Crippen LogP contribution in [0.5, 0.6) is 0 Å². The van der Waals surface area contributed by atoms with Gasteiger partial charge in [0.2, 0.25) is 0 Å². The van der Waals surface area contributed by atoms with Gasteiger partial charge in [0.25, 0.3) is 0 Å². The molecule has 1 N–H and O–H groups in total. The summed E-state index contributed by atoms with van der Waals surface area (Å²) in [6, 6.07) is 0. The number of unbranched alkanes of at least 4 members (excludes halogenated alkanes) is 18. The first kappa shape index (κ1) is 36.9. The largest absolute Gasteiger partial charge is 0.381 e. The summed E-state index contributed by atoms with van der Waals surface area (Å²) in [5.74, 6) is 0. The number of hydrogen-bond donors (Lipinski definition) is 1. The molecule has 232 valence electrons. The number of hydrogen-bond acceptors (Lipinski definition) is 2. The van der Waals surface area contributed by atoms with Gasteiger partial charge in [0.1, 0.15) is 0 Å². The third kappa shape index (κ3) is 23.6. The zero-order chi connectivity index (χ0) is 28.7. The quantitative estimate of drug-likeness (QED) is 0.0703. The van der Waals surface area contributed by atoms with Gasteiger partial charge >= 0.3 is 0 Å². The Hall–Kier alpha value is -1.12. The molecule has 0 spiro atoms. The lowest BCUT2D eigenvalue weighted by Gasteiger charge is -2.42. The zero-order valence-electron chi connectivity index (χ0n) is 27.1. The van der Waals surface area contributed by atoms with Crippen LogP contribution in [0.15, 0.2) is 48.6 Å². The van der Waals surface area contributed by atoms with E-state index < -0.39 is 0 Å². The Labute approximate surface area is 251 Å². The lowest BCUT2D eigenvalue weighted by molar-refractivity contribution is 0.00206. The van der Waals surface area contributed by atoms with Gasteiger partial charge in [0.05, 0.1) is 6.61 Å². The number of nitrogens with one attached hydrogen (secondary N) is 1. The van der Waals surface area contributed by atoms with E-state index in [0.29, 0.717) is 5.41 Å². The van der Waals surface area contributed by atoms with Gasteiger partial charge in [-0.15, -0.1) is 0 Å². The summed E-state index contributed by atoms with van der Waals surface area (Å²) < 4.78 is 6.16. The molecule has 1 heterocycles. The molecule has 1 aliphatic heterocycles. The van der Waals surface area contributed by atoms with Crippen LogP contribution >= 0.6 is 0 Å². The predicted molar refractivity (Wildman–Crippen MR) is 180 cm³/mol. The van der Waals surface area contributed by atoms with Gasteiger partial charge in [-0.1, -0.05) is 146 Å². The Morgan fingerprint density at radius 3 is 1.32 bits per heavy atom. The molecule has 0 atom stereocenters. The van der Waals surface area contributed by atoms with Crippen molar-refractivity contribution in [2.24, 2.45) is 5.41 Å². The summed E-state index contributed by atoms with van der Waals surface area (Å²) in [6.45, 7) is 8.78. The molecule has 0 aromatic heterocycles. The van der Waals surface area contributed by atoms with Crippen molar-refractivity contribution in [1.82, 2.24) is 5.32 Å². The van der Waals surface area contributed by atoms with E-state index in [1.807, 2.05) is 0 Å². The summed E-state index contributed by atoms with van der Waals surface area (Å²) in [7, 11) is 0. The van der Waals surface area contributed by atoms with Gasteiger partial charge in [0.15, 0.2) is 0 Å². The van der Waals surface area contributed by atoms with Gasteiger partial charge < -0.3 is 10.1 Å². The van der Waals surface area contributed by atoms with Crippen LogP contribution in [-0.2, 0) is 4.74 Å². The fraction of sp³-hybridized carbons (Fsp3) is 0.789. The first-order valence-corrected chi connectivity index (χ1v) is 17.7. The van der Waals surface area contributed by atoms with Crippen LogP contribution in [-0.4, -0.2) is 26.3 Å². The van der Waals surface area contributed by atoms with Crippen molar-refractivity contribution in [3.05, 3.63) is 48.6 Å². The van der Waals surface area contributed by atoms with Crippen LogP contribution in [0.1, 0.15) is 162 Å². The molecular formula is C38H69NO. The molecule has 2 heteroatoms. The second-order valence-corrected chi connectivity index (χ2v) is 12.4. The Morgan fingerprint density at radius 1 is 0.500 bits per heavy atom. The Balaban J connectivity index is 1.86. The molecule has 0 unspecified atom stereocenters. The first-order valence-electron chi connectivity index (χ1n) is 17.7. The number of allylic oxidation sites excluding steroid dienone is 8. The number of rotatable bonds is 30. The van der Waals surface area contributed by atoms with Crippen LogP contribution < -0.4 is 5.32 Å². The molecule has 0 amide bonds. The molecule has 2 nitrogen and oxygen atoms in total. The minimum Gasteiger partial charge on any atom is -0.381 e. The van der Waals surface area contributed by atoms with E-state index in [-0.39, 0.29) is 0 Å². The molecule has 40 heavy (non-hydrogen) atoms. The summed E-state index contributed by atoms with van der Waals surface area (Å²) in [4.78, 5) is 0. The summed E-state index contributed by atoms with van der Waals surface area (Å²) in [6.07, 6.45) is 48.9. The highest BCUT2D eigenvalue weighted by Crippen LogP contribution is 2.30. The van der Waals surface area contributed by atoms with E-state index in [1.165, 1.54) is 148 Å². The predicted octanol–water partition coefficient (Wildman–Crippen LogP) is 11.8. The maximum Gasteiger partial charge on any atom is 0.0546 e. The lowest BCUT2D eigenvalue weighted by atomic mass is 9.78. The molecule has 1 fully saturated rings. The molecule has 0 aromatic carbocycles. The molecule has 0 aromatic rings. The highest BCUT2D eigenvalue weighted by atomic mass is 16.5. The van der Waals surface area contributed by atoms with Crippen molar-refractivity contribution >= 4 is 0 Å². The third-order valence-electron chi connectivity index (χ3n) is 8.36. The van der Waals surface area contributed by atoms with Crippen molar-refractivity contribution in [3.8, 4) is 0 Å². The standard InChI is InChI=1S/C38H69NO/c1-3-5-7-9-11-13-15-17-19-20-21-23-25-27-29-31-33-38(35-39-36-38)37-40-34-32-30-28-26-24-22-18-16-14-12-10-8-6-4-2/h11-18,39H,3-10,19-37H2,1-2H3/b13-11+,14-12+,17-15+,18-16+. The average Bonchev–Trinajstić information content (AvgIpc) is 2.94. The smallest absolute Gasteiger partial charge is 0.0546 e. The fourth-order valence-corrected chi connectivity index (χ4v) is 5.48. The lowest BCUT2D eigenvalue weighted by Crippen LogP contribution is -2.56. The molecule has 0 radical (unpaired) electrons. The average molecular weight is 556 g/mol. The van der Waals surface area contributed by atoms with E-state index in [0.717, 1.165) is 26.3 Å². The maximum absolute atomic E-state index is 6.16. The minimum atomic E-state index is 0.438.